The van der Waals surface area contributed by atoms with Crippen LogP contribution in [0.2, 0.25) is 0 Å². The Morgan fingerprint density at radius 1 is 0.607 bits per heavy atom. The summed E-state index contributed by atoms with van der Waals surface area (Å²) in [5.74, 6) is 0. The van der Waals surface area contributed by atoms with E-state index in [1.807, 2.05) is 34.9 Å². The van der Waals surface area contributed by atoms with E-state index in [-0.39, 0.29) is 23.1 Å². The zero-order chi connectivity index (χ0) is 41.5. The summed E-state index contributed by atoms with van der Waals surface area (Å²) in [6.45, 7) is 19.2. The summed E-state index contributed by atoms with van der Waals surface area (Å²) in [5, 5.41) is 5.45. The predicted molar refractivity (Wildman–Crippen MR) is 266 cm³/mol. The second-order valence-corrected chi connectivity index (χ2v) is 23.7. The average Bonchev–Trinajstić information content (AvgIpc) is 3.78. The second-order valence-electron chi connectivity index (χ2n) is 20.4. The maximum absolute atomic E-state index is 2.75. The molecule has 0 N–H and O–H groups in total. The summed E-state index contributed by atoms with van der Waals surface area (Å²) >= 11 is 5.82. The summed E-state index contributed by atoms with van der Waals surface area (Å²) in [4.78, 5) is 8.08. The molecule has 6 heteroatoms. The lowest BCUT2D eigenvalue weighted by Gasteiger charge is -2.45. The lowest BCUT2D eigenvalue weighted by Crippen LogP contribution is -2.57. The fourth-order valence-electron chi connectivity index (χ4n) is 11.4. The Labute approximate surface area is 371 Å². The molecule has 0 bridgehead atoms. The molecule has 0 atom stereocenters. The number of rotatable bonds is 1. The van der Waals surface area contributed by atoms with Crippen LogP contribution in [0.15, 0.2) is 135 Å². The number of anilines is 3. The number of thiophene rings is 1. The fraction of sp³-hybridized carbons (Fsp3) is 0.236. The molecule has 0 unspecified atom stereocenters. The summed E-state index contributed by atoms with van der Waals surface area (Å²) in [7, 11) is 0. The molecule has 0 saturated heterocycles. The van der Waals surface area contributed by atoms with Gasteiger partial charge in [-0.3, -0.25) is 0 Å². The number of aromatic nitrogens is 1. The van der Waals surface area contributed by atoms with E-state index in [2.05, 4.69) is 180 Å². The third-order valence-corrected chi connectivity index (χ3v) is 18.4. The van der Waals surface area contributed by atoms with Crippen LogP contribution in [0.4, 0.5) is 17.1 Å². The van der Waals surface area contributed by atoms with Gasteiger partial charge in [0, 0.05) is 84.2 Å². The molecule has 13 rings (SSSR count). The first-order valence-corrected chi connectivity index (χ1v) is 24.4. The normalized spacial score (nSPS) is 16.8. The molecule has 1 aliphatic carbocycles. The van der Waals surface area contributed by atoms with Crippen LogP contribution in [0, 0.1) is 6.92 Å². The highest BCUT2D eigenvalue weighted by molar-refractivity contribution is 8.05. The van der Waals surface area contributed by atoms with Crippen LogP contribution in [-0.2, 0) is 16.2 Å². The van der Waals surface area contributed by atoms with Gasteiger partial charge in [0.2, 0.25) is 0 Å². The SMILES string of the molecule is Cc1cc2c(cc1N1c3cc4c(cc3B3c5c1cc1sc6ccccc6c1c5-c1cccc5c6cc(C(C)(C)C)ccc6n3c15)Sc1ccccc1S4)C(C)(C)CCC2(C)C. The number of para-hydroxylation sites is 1. The van der Waals surface area contributed by atoms with Gasteiger partial charge in [-0.1, -0.05) is 133 Å². The van der Waals surface area contributed by atoms with Crippen LogP contribution in [0.25, 0.3) is 53.1 Å². The van der Waals surface area contributed by atoms with Gasteiger partial charge in [-0.25, -0.2) is 0 Å². The average molecular weight is 843 g/mol. The van der Waals surface area contributed by atoms with Crippen molar-refractivity contribution in [2.75, 3.05) is 4.90 Å². The zero-order valence-electron chi connectivity index (χ0n) is 36.1. The molecule has 0 amide bonds. The molecule has 0 radical (unpaired) electrons. The number of benzene rings is 7. The van der Waals surface area contributed by atoms with E-state index in [0.29, 0.717) is 0 Å². The molecule has 3 aliphatic heterocycles. The van der Waals surface area contributed by atoms with Crippen molar-refractivity contribution in [1.29, 1.82) is 0 Å². The lowest BCUT2D eigenvalue weighted by atomic mass is 9.45. The topological polar surface area (TPSA) is 8.17 Å². The van der Waals surface area contributed by atoms with E-state index in [4.69, 9.17) is 0 Å². The summed E-state index contributed by atoms with van der Waals surface area (Å²) in [6.07, 6.45) is 2.39. The molecule has 0 spiro atoms. The number of hydrogen-bond acceptors (Lipinski definition) is 4. The van der Waals surface area contributed by atoms with Gasteiger partial charge in [0.05, 0.1) is 0 Å². The van der Waals surface area contributed by atoms with E-state index in [9.17, 15) is 0 Å². The minimum absolute atomic E-state index is 0.0175. The van der Waals surface area contributed by atoms with Crippen LogP contribution in [0.1, 0.15) is 83.6 Å². The van der Waals surface area contributed by atoms with Gasteiger partial charge in [-0.05, 0) is 129 Å². The van der Waals surface area contributed by atoms with Crippen molar-refractivity contribution in [2.24, 2.45) is 0 Å². The van der Waals surface area contributed by atoms with Crippen molar-refractivity contribution >= 4 is 112 Å². The summed E-state index contributed by atoms with van der Waals surface area (Å²) < 4.78 is 5.45. The number of nitrogens with zero attached hydrogens (tertiary/aromatic N) is 2. The summed E-state index contributed by atoms with van der Waals surface area (Å²) in [5.41, 5.74) is 18.1. The van der Waals surface area contributed by atoms with Gasteiger partial charge in [0.25, 0.3) is 0 Å². The Morgan fingerprint density at radius 2 is 1.30 bits per heavy atom. The molecule has 2 aromatic heterocycles. The quantitative estimate of drug-likeness (QED) is 0.152. The standard InChI is InChI=1S/C55H47BN2S3/c1-30-24-36-37(55(7,8)23-22-54(36,5)6)26-40(30)57-41-28-47-46(60-44-18-11-12-19-45(44)61-47)27-38(41)56-51-42(57)29-48-49(33-14-9-10-17-43(33)59-48)50(51)34-16-13-15-32-35-25-31(53(2,3)4)20-21-39(35)58(56)52(32)34/h9-21,24-29H,22-23H2,1-8H3. The Bertz CT molecular complexity index is 3450. The Morgan fingerprint density at radius 3 is 2.05 bits per heavy atom. The highest BCUT2D eigenvalue weighted by Crippen LogP contribution is 2.56. The van der Waals surface area contributed by atoms with Crippen molar-refractivity contribution in [2.45, 2.75) is 104 Å². The molecule has 2 nitrogen and oxygen atoms in total. The maximum Gasteiger partial charge on any atom is 0.333 e. The molecular weight excluding hydrogens is 796 g/mol. The van der Waals surface area contributed by atoms with Crippen molar-refractivity contribution in [3.8, 4) is 11.1 Å². The minimum atomic E-state index is -0.0175. The highest BCUT2D eigenvalue weighted by Gasteiger charge is 2.46. The number of fused-ring (bicyclic) bond motifs is 14. The lowest BCUT2D eigenvalue weighted by molar-refractivity contribution is 0.332. The highest BCUT2D eigenvalue weighted by atomic mass is 32.2. The van der Waals surface area contributed by atoms with Crippen molar-refractivity contribution < 1.29 is 0 Å². The molecule has 61 heavy (non-hydrogen) atoms. The van der Waals surface area contributed by atoms with Gasteiger partial charge in [-0.15, -0.1) is 11.3 Å². The van der Waals surface area contributed by atoms with Gasteiger partial charge < -0.3 is 9.38 Å². The fourth-order valence-corrected chi connectivity index (χ4v) is 14.9. The van der Waals surface area contributed by atoms with E-state index < -0.39 is 0 Å². The Hall–Kier alpha value is -4.88. The second kappa shape index (κ2) is 12.2. The van der Waals surface area contributed by atoms with Crippen molar-refractivity contribution in [1.82, 2.24) is 4.48 Å². The largest absolute Gasteiger partial charge is 0.375 e. The maximum atomic E-state index is 2.75. The van der Waals surface area contributed by atoms with E-state index in [1.165, 1.54) is 136 Å². The van der Waals surface area contributed by atoms with Gasteiger partial charge in [0.15, 0.2) is 0 Å². The van der Waals surface area contributed by atoms with E-state index in [1.54, 1.807) is 0 Å². The van der Waals surface area contributed by atoms with Crippen LogP contribution >= 0.6 is 34.9 Å². The molecular formula is C55H47BN2S3. The van der Waals surface area contributed by atoms with Gasteiger partial charge in [0.1, 0.15) is 0 Å². The molecule has 7 aromatic carbocycles. The monoisotopic (exact) mass is 842 g/mol. The van der Waals surface area contributed by atoms with Crippen molar-refractivity contribution in [3.05, 3.63) is 138 Å². The Kier molecular flexibility index (Phi) is 7.34. The third kappa shape index (κ3) is 4.96. The van der Waals surface area contributed by atoms with Crippen LogP contribution in [0.5, 0.6) is 0 Å². The van der Waals surface area contributed by atoms with E-state index in [0.717, 1.165) is 0 Å². The van der Waals surface area contributed by atoms with Gasteiger partial charge >= 0.3 is 6.85 Å². The van der Waals surface area contributed by atoms with Crippen LogP contribution in [0.3, 0.4) is 0 Å². The minimum Gasteiger partial charge on any atom is -0.375 e. The first kappa shape index (κ1) is 36.7. The first-order valence-electron chi connectivity index (χ1n) is 21.9. The first-order chi connectivity index (χ1) is 29.3. The zero-order valence-corrected chi connectivity index (χ0v) is 38.5. The summed E-state index contributed by atoms with van der Waals surface area (Å²) in [6, 6.07) is 45.4. The molecule has 0 fully saturated rings. The molecule has 5 heterocycles. The Balaban J connectivity index is 1.21. The number of hydrogen-bond donors (Lipinski definition) is 0. The number of aryl methyl sites for hydroxylation is 1. The molecule has 4 aliphatic rings. The van der Waals surface area contributed by atoms with Crippen LogP contribution < -0.4 is 15.8 Å². The third-order valence-electron chi connectivity index (χ3n) is 14.7. The molecule has 9 aromatic rings. The molecule has 0 saturated carbocycles. The van der Waals surface area contributed by atoms with E-state index >= 15 is 0 Å². The van der Waals surface area contributed by atoms with Crippen LogP contribution in [-0.4, -0.2) is 11.3 Å². The molecule has 298 valence electrons. The predicted octanol–water partition coefficient (Wildman–Crippen LogP) is 15.2. The van der Waals surface area contributed by atoms with Crippen molar-refractivity contribution in [3.63, 3.8) is 0 Å². The smallest absolute Gasteiger partial charge is 0.333 e. The van der Waals surface area contributed by atoms with Gasteiger partial charge in [-0.2, -0.15) is 0 Å².